The smallest absolute Gasteiger partial charge is 0.251 e. The molecule has 1 atom stereocenters. The highest BCUT2D eigenvalue weighted by Crippen LogP contribution is 2.18. The summed E-state index contributed by atoms with van der Waals surface area (Å²) in [5, 5.41) is 5.71. The van der Waals surface area contributed by atoms with Crippen LogP contribution in [0.4, 0.5) is 0 Å². The minimum atomic E-state index is -0.124. The Hall–Kier alpha value is -2.41. The van der Waals surface area contributed by atoms with Crippen molar-refractivity contribution in [2.24, 2.45) is 5.73 Å². The normalized spacial score (nSPS) is 16.6. The second-order valence-electron chi connectivity index (χ2n) is 6.80. The maximum Gasteiger partial charge on any atom is 0.251 e. The maximum atomic E-state index is 12.6. The van der Waals surface area contributed by atoms with E-state index in [9.17, 15) is 14.4 Å². The number of amides is 3. The molecular formula is C20H30N4O3. The summed E-state index contributed by atoms with van der Waals surface area (Å²) < 4.78 is 0. The van der Waals surface area contributed by atoms with Gasteiger partial charge >= 0.3 is 0 Å². The lowest BCUT2D eigenvalue weighted by Crippen LogP contribution is -2.49. The average molecular weight is 374 g/mol. The van der Waals surface area contributed by atoms with Crippen LogP contribution in [0.25, 0.3) is 0 Å². The third-order valence-electron chi connectivity index (χ3n) is 4.74. The Labute approximate surface area is 160 Å². The Morgan fingerprint density at radius 1 is 1.07 bits per heavy atom. The average Bonchev–Trinajstić information content (AvgIpc) is 2.70. The third-order valence-corrected chi connectivity index (χ3v) is 4.74. The molecule has 0 aliphatic carbocycles. The molecule has 0 radical (unpaired) electrons. The molecule has 27 heavy (non-hydrogen) atoms. The molecule has 2 rings (SSSR count). The molecule has 0 saturated carbocycles. The number of nitrogens with zero attached hydrogens (tertiary/aromatic N) is 1. The Morgan fingerprint density at radius 3 is 2.59 bits per heavy atom. The lowest BCUT2D eigenvalue weighted by Gasteiger charge is -2.36. The molecule has 1 heterocycles. The molecule has 7 nitrogen and oxygen atoms in total. The zero-order valence-electron chi connectivity index (χ0n) is 15.8. The maximum absolute atomic E-state index is 12.6. The van der Waals surface area contributed by atoms with Gasteiger partial charge in [0, 0.05) is 50.6 Å². The van der Waals surface area contributed by atoms with Gasteiger partial charge in [-0.25, -0.2) is 0 Å². The predicted molar refractivity (Wildman–Crippen MR) is 104 cm³/mol. The van der Waals surface area contributed by atoms with E-state index in [4.69, 9.17) is 5.73 Å². The number of nitrogens with one attached hydrogen (secondary N) is 2. The molecule has 4 N–H and O–H groups in total. The number of likely N-dealkylation sites (tertiary alicyclic amines) is 1. The van der Waals surface area contributed by atoms with Crippen molar-refractivity contribution in [3.63, 3.8) is 0 Å². The monoisotopic (exact) mass is 374 g/mol. The molecule has 1 aromatic rings. The minimum absolute atomic E-state index is 0.0480. The SMILES string of the molecule is NCCC(=O)NCC1CCCCN1C(=O)CCCNC(=O)c1ccccc1. The van der Waals surface area contributed by atoms with Gasteiger partial charge in [-0.05, 0) is 37.8 Å². The molecule has 3 amide bonds. The van der Waals surface area contributed by atoms with Gasteiger partial charge in [-0.15, -0.1) is 0 Å². The summed E-state index contributed by atoms with van der Waals surface area (Å²) in [7, 11) is 0. The molecule has 0 aromatic heterocycles. The molecule has 1 aromatic carbocycles. The summed E-state index contributed by atoms with van der Waals surface area (Å²) in [6.45, 7) is 2.00. The number of carbonyl (C=O) groups excluding carboxylic acids is 3. The number of benzene rings is 1. The predicted octanol–water partition coefficient (Wildman–Crippen LogP) is 1.04. The largest absolute Gasteiger partial charge is 0.354 e. The first-order valence-electron chi connectivity index (χ1n) is 9.71. The summed E-state index contributed by atoms with van der Waals surface area (Å²) in [5.74, 6) is -0.109. The lowest BCUT2D eigenvalue weighted by molar-refractivity contribution is -0.135. The summed E-state index contributed by atoms with van der Waals surface area (Å²) >= 11 is 0. The van der Waals surface area contributed by atoms with Crippen molar-refractivity contribution in [1.82, 2.24) is 15.5 Å². The van der Waals surface area contributed by atoms with Crippen molar-refractivity contribution in [2.75, 3.05) is 26.2 Å². The van der Waals surface area contributed by atoms with E-state index in [-0.39, 0.29) is 23.8 Å². The quantitative estimate of drug-likeness (QED) is 0.562. The van der Waals surface area contributed by atoms with E-state index in [1.807, 2.05) is 23.1 Å². The van der Waals surface area contributed by atoms with Crippen LogP contribution in [0.5, 0.6) is 0 Å². The highest BCUT2D eigenvalue weighted by atomic mass is 16.2. The molecule has 1 saturated heterocycles. The van der Waals surface area contributed by atoms with Crippen LogP contribution in [-0.2, 0) is 9.59 Å². The second kappa shape index (κ2) is 11.3. The van der Waals surface area contributed by atoms with Gasteiger partial charge in [-0.2, -0.15) is 0 Å². The van der Waals surface area contributed by atoms with Gasteiger partial charge in [0.05, 0.1) is 0 Å². The Morgan fingerprint density at radius 2 is 1.85 bits per heavy atom. The van der Waals surface area contributed by atoms with Crippen LogP contribution in [0, 0.1) is 0 Å². The molecule has 1 aliphatic rings. The van der Waals surface area contributed by atoms with Crippen LogP contribution >= 0.6 is 0 Å². The van der Waals surface area contributed by atoms with Crippen LogP contribution in [-0.4, -0.2) is 54.8 Å². The van der Waals surface area contributed by atoms with E-state index < -0.39 is 0 Å². The number of piperidine rings is 1. The third kappa shape index (κ3) is 7.02. The van der Waals surface area contributed by atoms with Crippen molar-refractivity contribution in [3.8, 4) is 0 Å². The summed E-state index contributed by atoms with van der Waals surface area (Å²) in [4.78, 5) is 38.1. The summed E-state index contributed by atoms with van der Waals surface area (Å²) in [6.07, 6.45) is 4.25. The first-order valence-corrected chi connectivity index (χ1v) is 9.71. The minimum Gasteiger partial charge on any atom is -0.354 e. The molecule has 1 unspecified atom stereocenters. The number of carbonyl (C=O) groups is 3. The van der Waals surface area contributed by atoms with Crippen LogP contribution in [0.2, 0.25) is 0 Å². The molecule has 148 valence electrons. The van der Waals surface area contributed by atoms with Gasteiger partial charge < -0.3 is 21.3 Å². The fourth-order valence-corrected chi connectivity index (χ4v) is 3.27. The van der Waals surface area contributed by atoms with Crippen molar-refractivity contribution < 1.29 is 14.4 Å². The van der Waals surface area contributed by atoms with Gasteiger partial charge in [0.2, 0.25) is 11.8 Å². The molecule has 1 fully saturated rings. The zero-order chi connectivity index (χ0) is 19.5. The Balaban J connectivity index is 1.72. The fraction of sp³-hybridized carbons (Fsp3) is 0.550. The van der Waals surface area contributed by atoms with Crippen LogP contribution < -0.4 is 16.4 Å². The van der Waals surface area contributed by atoms with Crippen LogP contribution in [0.3, 0.4) is 0 Å². The van der Waals surface area contributed by atoms with E-state index in [2.05, 4.69) is 10.6 Å². The topological polar surface area (TPSA) is 105 Å². The van der Waals surface area contributed by atoms with E-state index in [1.54, 1.807) is 12.1 Å². The van der Waals surface area contributed by atoms with Crippen molar-refractivity contribution in [3.05, 3.63) is 35.9 Å². The van der Waals surface area contributed by atoms with Crippen LogP contribution in [0.1, 0.15) is 48.9 Å². The highest BCUT2D eigenvalue weighted by Gasteiger charge is 2.26. The fourth-order valence-electron chi connectivity index (χ4n) is 3.27. The van der Waals surface area contributed by atoms with Crippen molar-refractivity contribution in [2.45, 2.75) is 44.6 Å². The van der Waals surface area contributed by atoms with Gasteiger partial charge in [0.25, 0.3) is 5.91 Å². The van der Waals surface area contributed by atoms with Gasteiger partial charge in [0.1, 0.15) is 0 Å². The highest BCUT2D eigenvalue weighted by molar-refractivity contribution is 5.94. The van der Waals surface area contributed by atoms with E-state index in [1.165, 1.54) is 0 Å². The number of hydrogen-bond donors (Lipinski definition) is 3. The summed E-state index contributed by atoms with van der Waals surface area (Å²) in [5.41, 5.74) is 6.00. The molecular weight excluding hydrogens is 344 g/mol. The van der Waals surface area contributed by atoms with Gasteiger partial charge in [-0.1, -0.05) is 18.2 Å². The van der Waals surface area contributed by atoms with E-state index in [0.717, 1.165) is 25.8 Å². The number of hydrogen-bond acceptors (Lipinski definition) is 4. The van der Waals surface area contributed by atoms with Crippen LogP contribution in [0.15, 0.2) is 30.3 Å². The number of nitrogens with two attached hydrogens (primary N) is 1. The number of rotatable bonds is 9. The molecule has 0 bridgehead atoms. The van der Waals surface area contributed by atoms with Gasteiger partial charge in [-0.3, -0.25) is 14.4 Å². The zero-order valence-corrected chi connectivity index (χ0v) is 15.8. The van der Waals surface area contributed by atoms with E-state index in [0.29, 0.717) is 44.5 Å². The van der Waals surface area contributed by atoms with Crippen molar-refractivity contribution in [1.29, 1.82) is 0 Å². The standard InChI is InChI=1S/C20H30N4O3/c21-12-11-18(25)23-15-17-9-4-5-14-24(17)19(26)10-6-13-22-20(27)16-7-2-1-3-8-16/h1-3,7-8,17H,4-6,9-15,21H2,(H,22,27)(H,23,25). The molecule has 7 heteroatoms. The molecule has 0 spiro atoms. The van der Waals surface area contributed by atoms with Crippen molar-refractivity contribution >= 4 is 17.7 Å². The molecule has 1 aliphatic heterocycles. The second-order valence-corrected chi connectivity index (χ2v) is 6.80. The van der Waals surface area contributed by atoms with E-state index >= 15 is 0 Å². The lowest BCUT2D eigenvalue weighted by atomic mass is 10.0. The van der Waals surface area contributed by atoms with Gasteiger partial charge in [0.15, 0.2) is 0 Å². The first-order chi connectivity index (χ1) is 13.1. The summed E-state index contributed by atoms with van der Waals surface area (Å²) in [6, 6.07) is 9.08. The first kappa shape index (κ1) is 20.9. The Bertz CT molecular complexity index is 621. The Kier molecular flexibility index (Phi) is 8.77.